The van der Waals surface area contributed by atoms with E-state index < -0.39 is 0 Å². The highest BCUT2D eigenvalue weighted by Crippen LogP contribution is 2.20. The van der Waals surface area contributed by atoms with Gasteiger partial charge in [-0.3, -0.25) is 4.79 Å². The fraction of sp³-hybridized carbons (Fsp3) is 0.368. The average Bonchev–Trinajstić information content (AvgIpc) is 2.64. The molecule has 1 fully saturated rings. The van der Waals surface area contributed by atoms with E-state index in [2.05, 4.69) is 34.4 Å². The van der Waals surface area contributed by atoms with Crippen LogP contribution in [-0.2, 0) is 0 Å². The number of nitrogens with zero attached hydrogens (tertiary/aromatic N) is 2. The smallest absolute Gasteiger partial charge is 0.261 e. The van der Waals surface area contributed by atoms with Crippen molar-refractivity contribution in [1.29, 1.82) is 0 Å². The van der Waals surface area contributed by atoms with Gasteiger partial charge in [-0.15, -0.1) is 0 Å². The molecule has 1 aliphatic rings. The van der Waals surface area contributed by atoms with E-state index in [9.17, 15) is 4.79 Å². The molecule has 132 valence electrons. The predicted molar refractivity (Wildman–Crippen MR) is 98.6 cm³/mol. The zero-order chi connectivity index (χ0) is 17.6. The first-order chi connectivity index (χ1) is 12.2. The van der Waals surface area contributed by atoms with Gasteiger partial charge in [0.15, 0.2) is 0 Å². The van der Waals surface area contributed by atoms with Gasteiger partial charge in [0.05, 0.1) is 39.8 Å². The molecular formula is C19H25N4O2+. The number of hydrogen-bond donors (Lipinski definition) is 2. The number of ether oxygens (including phenoxy) is 1. The monoisotopic (exact) mass is 341 g/mol. The Morgan fingerprint density at radius 3 is 2.64 bits per heavy atom. The number of carbonyl (C=O) groups is 1. The first-order valence-electron chi connectivity index (χ1n) is 8.73. The summed E-state index contributed by atoms with van der Waals surface area (Å²) in [5.41, 5.74) is 2.40. The summed E-state index contributed by atoms with van der Waals surface area (Å²) < 4.78 is 5.42. The molecule has 0 radical (unpaired) electrons. The standard InChI is InChI=1S/C19H24N4O2/c1-3-25-19-17(5-4-10-20-19)18(24)21-15-6-8-16(9-7-15)23-13-11-22(2)12-14-23/h4-10H,3,11-14H2,1-2H3,(H,21,24)/p+1. The SMILES string of the molecule is CCOc1ncccc1C(=O)Nc1ccc(N2CC[NH+](C)CC2)cc1. The third kappa shape index (κ3) is 4.28. The van der Waals surface area contributed by atoms with Crippen molar-refractivity contribution in [3.63, 3.8) is 0 Å². The Labute approximate surface area is 148 Å². The van der Waals surface area contributed by atoms with Crippen LogP contribution in [0, 0.1) is 0 Å². The number of pyridine rings is 1. The van der Waals surface area contributed by atoms with Crippen molar-refractivity contribution >= 4 is 17.3 Å². The summed E-state index contributed by atoms with van der Waals surface area (Å²) in [7, 11) is 2.23. The van der Waals surface area contributed by atoms with Crippen molar-refractivity contribution in [1.82, 2.24) is 4.98 Å². The number of rotatable bonds is 5. The van der Waals surface area contributed by atoms with E-state index in [1.54, 1.807) is 23.2 Å². The van der Waals surface area contributed by atoms with Crippen molar-refractivity contribution in [3.05, 3.63) is 48.2 Å². The van der Waals surface area contributed by atoms with E-state index in [-0.39, 0.29) is 5.91 Å². The minimum Gasteiger partial charge on any atom is -0.477 e. The van der Waals surface area contributed by atoms with Gasteiger partial charge < -0.3 is 19.9 Å². The van der Waals surface area contributed by atoms with Crippen LogP contribution in [0.3, 0.4) is 0 Å². The van der Waals surface area contributed by atoms with Crippen LogP contribution in [0.2, 0.25) is 0 Å². The average molecular weight is 341 g/mol. The summed E-state index contributed by atoms with van der Waals surface area (Å²) in [6, 6.07) is 11.4. The normalized spacial score (nSPS) is 15.0. The number of amides is 1. The summed E-state index contributed by atoms with van der Waals surface area (Å²) in [5, 5.41) is 2.91. The molecule has 2 aromatic rings. The van der Waals surface area contributed by atoms with Crippen LogP contribution in [0.5, 0.6) is 5.88 Å². The molecule has 2 heterocycles. The van der Waals surface area contributed by atoms with Crippen LogP contribution in [-0.4, -0.2) is 50.7 Å². The van der Waals surface area contributed by atoms with Crippen molar-refractivity contribution in [2.24, 2.45) is 0 Å². The number of benzene rings is 1. The summed E-state index contributed by atoms with van der Waals surface area (Å²) in [4.78, 5) is 20.6. The summed E-state index contributed by atoms with van der Waals surface area (Å²) >= 11 is 0. The Bertz CT molecular complexity index is 710. The van der Waals surface area contributed by atoms with Crippen LogP contribution < -0.4 is 19.9 Å². The number of likely N-dealkylation sites (N-methyl/N-ethyl adjacent to an activating group) is 1. The van der Waals surface area contributed by atoms with E-state index in [4.69, 9.17) is 4.74 Å². The van der Waals surface area contributed by atoms with Crippen molar-refractivity contribution in [2.45, 2.75) is 6.92 Å². The molecule has 0 atom stereocenters. The molecule has 0 bridgehead atoms. The molecular weight excluding hydrogens is 316 g/mol. The third-order valence-corrected chi connectivity index (χ3v) is 4.40. The van der Waals surface area contributed by atoms with E-state index in [1.165, 1.54) is 5.69 Å². The maximum absolute atomic E-state index is 12.5. The molecule has 1 aromatic heterocycles. The summed E-state index contributed by atoms with van der Waals surface area (Å²) in [6.45, 7) is 6.77. The molecule has 6 heteroatoms. The molecule has 0 unspecified atom stereocenters. The van der Waals surface area contributed by atoms with Gasteiger partial charge in [-0.25, -0.2) is 4.98 Å². The van der Waals surface area contributed by atoms with Gasteiger partial charge in [0, 0.05) is 17.6 Å². The van der Waals surface area contributed by atoms with Crippen LogP contribution in [0.15, 0.2) is 42.6 Å². The van der Waals surface area contributed by atoms with Gasteiger partial charge in [0.25, 0.3) is 5.91 Å². The topological polar surface area (TPSA) is 58.9 Å². The lowest BCUT2D eigenvalue weighted by Crippen LogP contribution is -3.12. The van der Waals surface area contributed by atoms with Crippen molar-refractivity contribution < 1.29 is 14.4 Å². The third-order valence-electron chi connectivity index (χ3n) is 4.40. The zero-order valence-electron chi connectivity index (χ0n) is 14.8. The van der Waals surface area contributed by atoms with Gasteiger partial charge in [-0.1, -0.05) is 0 Å². The summed E-state index contributed by atoms with van der Waals surface area (Å²) in [5.74, 6) is 0.145. The maximum Gasteiger partial charge on any atom is 0.261 e. The molecule has 1 saturated heterocycles. The van der Waals surface area contributed by atoms with Gasteiger partial charge >= 0.3 is 0 Å². The maximum atomic E-state index is 12.5. The van der Waals surface area contributed by atoms with Gasteiger partial charge in [0.1, 0.15) is 5.56 Å². The largest absolute Gasteiger partial charge is 0.477 e. The molecule has 6 nitrogen and oxygen atoms in total. The molecule has 2 N–H and O–H groups in total. The molecule has 25 heavy (non-hydrogen) atoms. The lowest BCUT2D eigenvalue weighted by molar-refractivity contribution is -0.880. The van der Waals surface area contributed by atoms with Crippen LogP contribution in [0.25, 0.3) is 0 Å². The first kappa shape index (κ1) is 17.2. The van der Waals surface area contributed by atoms with E-state index >= 15 is 0 Å². The fourth-order valence-corrected chi connectivity index (χ4v) is 2.92. The Morgan fingerprint density at radius 1 is 1.24 bits per heavy atom. The van der Waals surface area contributed by atoms with Crippen LogP contribution in [0.4, 0.5) is 11.4 Å². The van der Waals surface area contributed by atoms with Crippen molar-refractivity contribution in [3.8, 4) is 5.88 Å². The van der Waals surface area contributed by atoms with E-state index in [0.717, 1.165) is 31.9 Å². The Hall–Kier alpha value is -2.60. The van der Waals surface area contributed by atoms with E-state index in [1.807, 2.05) is 19.1 Å². The number of anilines is 2. The second-order valence-electron chi connectivity index (χ2n) is 6.23. The summed E-state index contributed by atoms with van der Waals surface area (Å²) in [6.07, 6.45) is 1.62. The molecule has 1 aromatic carbocycles. The minimum absolute atomic E-state index is 0.215. The molecule has 1 aliphatic heterocycles. The van der Waals surface area contributed by atoms with E-state index in [0.29, 0.717) is 18.1 Å². The number of carbonyl (C=O) groups excluding carboxylic acids is 1. The number of hydrogen-bond acceptors (Lipinski definition) is 4. The number of piperazine rings is 1. The number of nitrogens with one attached hydrogen (secondary N) is 2. The molecule has 0 saturated carbocycles. The lowest BCUT2D eigenvalue weighted by Gasteiger charge is -2.31. The highest BCUT2D eigenvalue weighted by molar-refractivity contribution is 6.05. The van der Waals surface area contributed by atoms with Crippen molar-refractivity contribution in [2.75, 3.05) is 50.1 Å². The Morgan fingerprint density at radius 2 is 1.96 bits per heavy atom. The number of aromatic nitrogens is 1. The van der Waals surface area contributed by atoms with Crippen LogP contribution in [0.1, 0.15) is 17.3 Å². The fourth-order valence-electron chi connectivity index (χ4n) is 2.92. The molecule has 3 rings (SSSR count). The zero-order valence-corrected chi connectivity index (χ0v) is 14.8. The Balaban J connectivity index is 1.66. The molecule has 0 spiro atoms. The second kappa shape index (κ2) is 7.98. The second-order valence-corrected chi connectivity index (χ2v) is 6.23. The Kier molecular flexibility index (Phi) is 5.50. The highest BCUT2D eigenvalue weighted by atomic mass is 16.5. The van der Waals surface area contributed by atoms with Crippen LogP contribution >= 0.6 is 0 Å². The van der Waals surface area contributed by atoms with Gasteiger partial charge in [-0.05, 0) is 43.3 Å². The molecule has 1 amide bonds. The number of quaternary nitrogens is 1. The minimum atomic E-state index is -0.215. The quantitative estimate of drug-likeness (QED) is 0.854. The molecule has 0 aliphatic carbocycles. The first-order valence-corrected chi connectivity index (χ1v) is 8.73. The van der Waals surface area contributed by atoms with Gasteiger partial charge in [0.2, 0.25) is 5.88 Å². The predicted octanol–water partition coefficient (Wildman–Crippen LogP) is 1.07. The highest BCUT2D eigenvalue weighted by Gasteiger charge is 2.17. The lowest BCUT2D eigenvalue weighted by atomic mass is 10.2. The van der Waals surface area contributed by atoms with Gasteiger partial charge in [-0.2, -0.15) is 0 Å².